The van der Waals surface area contributed by atoms with Crippen molar-refractivity contribution in [2.45, 2.75) is 12.8 Å². The molecule has 152 valence electrons. The molecule has 6 nitrogen and oxygen atoms in total. The van der Waals surface area contributed by atoms with Gasteiger partial charge in [0, 0.05) is 37.4 Å². The number of hydrogen-bond donors (Lipinski definition) is 2. The molecule has 1 saturated heterocycles. The number of likely N-dealkylation sites (tertiary alicyclic amines) is 1. The van der Waals surface area contributed by atoms with Crippen LogP contribution in [0.3, 0.4) is 0 Å². The number of nitrogens with zero attached hydrogens (tertiary/aromatic N) is 2. The van der Waals surface area contributed by atoms with Gasteiger partial charge in [-0.3, -0.25) is 9.79 Å². The molecular weight excluding hydrogens is 439 g/mol. The van der Waals surface area contributed by atoms with Gasteiger partial charge in [-0.1, -0.05) is 18.2 Å². The van der Waals surface area contributed by atoms with Gasteiger partial charge >= 0.3 is 6.03 Å². The Bertz CT molecular complexity index is 912. The fourth-order valence-electron chi connectivity index (χ4n) is 3.20. The highest BCUT2D eigenvalue weighted by molar-refractivity contribution is 9.10. The van der Waals surface area contributed by atoms with Crippen LogP contribution in [0.4, 0.5) is 20.6 Å². The van der Waals surface area contributed by atoms with Gasteiger partial charge in [-0.25, -0.2) is 9.18 Å². The van der Waals surface area contributed by atoms with Gasteiger partial charge in [0.1, 0.15) is 5.82 Å². The van der Waals surface area contributed by atoms with Crippen molar-refractivity contribution in [3.8, 4) is 0 Å². The third-order valence-corrected chi connectivity index (χ3v) is 5.43. The molecule has 0 radical (unpaired) electrons. The van der Waals surface area contributed by atoms with Crippen LogP contribution in [-0.4, -0.2) is 42.7 Å². The maximum atomic E-state index is 13.4. The van der Waals surface area contributed by atoms with Crippen molar-refractivity contribution in [2.75, 3.05) is 30.8 Å². The van der Waals surface area contributed by atoms with Crippen molar-refractivity contribution in [1.82, 2.24) is 4.90 Å². The Hall–Kier alpha value is -2.74. The molecular formula is C21H22BrFN4O2. The number of ketones is 1. The number of anilines is 2. The molecule has 2 aromatic rings. The number of amidine groups is 1. The molecule has 0 spiro atoms. The second kappa shape index (κ2) is 9.65. The lowest BCUT2D eigenvalue weighted by molar-refractivity contribution is -0.117. The molecule has 0 unspecified atom stereocenters. The van der Waals surface area contributed by atoms with Crippen LogP contribution in [0.2, 0.25) is 0 Å². The van der Waals surface area contributed by atoms with E-state index in [1.165, 1.54) is 6.07 Å². The monoisotopic (exact) mass is 460 g/mol. The Morgan fingerprint density at radius 3 is 2.38 bits per heavy atom. The van der Waals surface area contributed by atoms with Crippen molar-refractivity contribution >= 4 is 45.0 Å². The van der Waals surface area contributed by atoms with Gasteiger partial charge < -0.3 is 15.5 Å². The molecule has 2 amide bonds. The first-order chi connectivity index (χ1) is 14.0. The molecule has 1 aliphatic heterocycles. The number of aliphatic imine (C=N–C) groups is 1. The van der Waals surface area contributed by atoms with Crippen LogP contribution in [0, 0.1) is 11.7 Å². The lowest BCUT2D eigenvalue weighted by atomic mass is 9.92. The summed E-state index contributed by atoms with van der Waals surface area (Å²) >= 11 is 3.13. The van der Waals surface area contributed by atoms with Crippen molar-refractivity contribution in [3.05, 3.63) is 58.8 Å². The summed E-state index contributed by atoms with van der Waals surface area (Å²) in [7, 11) is 1.54. The van der Waals surface area contributed by atoms with Gasteiger partial charge in [-0.05, 0) is 59.1 Å². The van der Waals surface area contributed by atoms with Crippen LogP contribution in [0.1, 0.15) is 12.8 Å². The number of amides is 2. The Morgan fingerprint density at radius 1 is 1.07 bits per heavy atom. The number of rotatable bonds is 4. The smallest absolute Gasteiger partial charge is 0.321 e. The minimum Gasteiger partial charge on any atom is -0.338 e. The molecule has 2 N–H and O–H groups in total. The van der Waals surface area contributed by atoms with E-state index in [9.17, 15) is 14.0 Å². The SMILES string of the molecule is CN=C(Nc1ccc(F)c(Br)c1)C(=O)C1CCN(C(=O)Nc2ccccc2)CC1. The number of carbonyl (C=O) groups is 2. The minimum absolute atomic E-state index is 0.101. The number of benzene rings is 2. The maximum Gasteiger partial charge on any atom is 0.321 e. The molecule has 8 heteroatoms. The number of Topliss-reactive ketones (excluding diaryl/α,β-unsaturated/α-hetero) is 1. The molecule has 0 aromatic heterocycles. The highest BCUT2D eigenvalue weighted by atomic mass is 79.9. The number of nitrogens with one attached hydrogen (secondary N) is 2. The quantitative estimate of drug-likeness (QED) is 0.519. The summed E-state index contributed by atoms with van der Waals surface area (Å²) in [4.78, 5) is 31.0. The normalized spacial score (nSPS) is 15.1. The van der Waals surface area contributed by atoms with Crippen LogP contribution >= 0.6 is 15.9 Å². The highest BCUT2D eigenvalue weighted by Gasteiger charge is 2.29. The van der Waals surface area contributed by atoms with Crippen LogP contribution in [0.15, 0.2) is 58.0 Å². The molecule has 3 rings (SSSR count). The second-order valence-electron chi connectivity index (χ2n) is 6.75. The van der Waals surface area contributed by atoms with Gasteiger partial charge in [0.15, 0.2) is 5.84 Å². The van der Waals surface area contributed by atoms with E-state index in [-0.39, 0.29) is 29.4 Å². The maximum absolute atomic E-state index is 13.4. The molecule has 0 bridgehead atoms. The minimum atomic E-state index is -0.377. The van der Waals surface area contributed by atoms with Crippen molar-refractivity contribution in [2.24, 2.45) is 10.9 Å². The first-order valence-corrected chi connectivity index (χ1v) is 10.1. The Labute approximate surface area is 177 Å². The van der Waals surface area contributed by atoms with Crippen molar-refractivity contribution in [3.63, 3.8) is 0 Å². The first kappa shape index (κ1) is 21.0. The third-order valence-electron chi connectivity index (χ3n) is 4.82. The van der Waals surface area contributed by atoms with Gasteiger partial charge in [-0.2, -0.15) is 0 Å². The van der Waals surface area contributed by atoms with E-state index in [4.69, 9.17) is 0 Å². The molecule has 0 atom stereocenters. The molecule has 1 heterocycles. The van der Waals surface area contributed by atoms with E-state index in [1.807, 2.05) is 30.3 Å². The molecule has 1 aliphatic rings. The molecule has 1 fully saturated rings. The van der Waals surface area contributed by atoms with Gasteiger partial charge in [0.25, 0.3) is 0 Å². The Balaban J connectivity index is 1.55. The van der Waals surface area contributed by atoms with Crippen LogP contribution in [0.25, 0.3) is 0 Å². The highest BCUT2D eigenvalue weighted by Crippen LogP contribution is 2.23. The van der Waals surface area contributed by atoms with Crippen molar-refractivity contribution < 1.29 is 14.0 Å². The van der Waals surface area contributed by atoms with E-state index >= 15 is 0 Å². The lowest BCUT2D eigenvalue weighted by Gasteiger charge is -2.31. The van der Waals surface area contributed by atoms with E-state index in [0.717, 1.165) is 5.69 Å². The van der Waals surface area contributed by atoms with Gasteiger partial charge in [-0.15, -0.1) is 0 Å². The average Bonchev–Trinajstić information content (AvgIpc) is 2.75. The zero-order valence-corrected chi connectivity index (χ0v) is 17.6. The lowest BCUT2D eigenvalue weighted by Crippen LogP contribution is -2.44. The van der Waals surface area contributed by atoms with E-state index < -0.39 is 0 Å². The van der Waals surface area contributed by atoms with E-state index in [1.54, 1.807) is 24.1 Å². The largest absolute Gasteiger partial charge is 0.338 e. The summed E-state index contributed by atoms with van der Waals surface area (Å²) in [5, 5.41) is 5.83. The Kier molecular flexibility index (Phi) is 6.98. The summed E-state index contributed by atoms with van der Waals surface area (Å²) in [5.74, 6) is -0.462. The number of halogens is 2. The number of urea groups is 1. The molecule has 0 aliphatic carbocycles. The molecule has 0 saturated carbocycles. The molecule has 2 aromatic carbocycles. The summed E-state index contributed by atoms with van der Waals surface area (Å²) in [6.45, 7) is 0.988. The second-order valence-corrected chi connectivity index (χ2v) is 7.60. The third kappa shape index (κ3) is 5.41. The number of hydrogen-bond acceptors (Lipinski definition) is 3. The first-order valence-electron chi connectivity index (χ1n) is 9.32. The number of piperidine rings is 1. The van der Waals surface area contributed by atoms with E-state index in [0.29, 0.717) is 36.1 Å². The zero-order chi connectivity index (χ0) is 20.8. The van der Waals surface area contributed by atoms with Crippen LogP contribution in [0.5, 0.6) is 0 Å². The fourth-order valence-corrected chi connectivity index (χ4v) is 3.58. The number of para-hydroxylation sites is 1. The number of carbonyl (C=O) groups excluding carboxylic acids is 2. The van der Waals surface area contributed by atoms with Crippen molar-refractivity contribution in [1.29, 1.82) is 0 Å². The van der Waals surface area contributed by atoms with Crippen LogP contribution < -0.4 is 10.6 Å². The molecule has 29 heavy (non-hydrogen) atoms. The summed E-state index contributed by atoms with van der Waals surface area (Å²) in [6.07, 6.45) is 1.13. The van der Waals surface area contributed by atoms with E-state index in [2.05, 4.69) is 31.6 Å². The van der Waals surface area contributed by atoms with Crippen LogP contribution in [-0.2, 0) is 4.79 Å². The fraction of sp³-hybridized carbons (Fsp3) is 0.286. The summed E-state index contributed by atoms with van der Waals surface area (Å²) in [5.41, 5.74) is 1.32. The van der Waals surface area contributed by atoms with Gasteiger partial charge in [0.2, 0.25) is 5.78 Å². The standard InChI is InChI=1S/C21H22BrFN4O2/c1-24-20(25-16-7-8-18(23)17(22)13-16)19(28)14-9-11-27(12-10-14)21(29)26-15-5-3-2-4-6-15/h2-8,13-14H,9-12H2,1H3,(H,24,25)(H,26,29). The summed E-state index contributed by atoms with van der Waals surface area (Å²) in [6, 6.07) is 13.5. The predicted octanol–water partition coefficient (Wildman–Crippen LogP) is 4.54. The zero-order valence-electron chi connectivity index (χ0n) is 16.0. The Morgan fingerprint density at radius 2 is 1.76 bits per heavy atom. The van der Waals surface area contributed by atoms with Gasteiger partial charge in [0.05, 0.1) is 4.47 Å². The predicted molar refractivity (Wildman–Crippen MR) is 116 cm³/mol. The average molecular weight is 461 g/mol. The summed E-state index contributed by atoms with van der Waals surface area (Å²) < 4.78 is 13.7. The topological polar surface area (TPSA) is 73.8 Å².